The quantitative estimate of drug-likeness (QED) is 0.434. The second kappa shape index (κ2) is 9.91. The fraction of sp³-hybridized carbons (Fsp3) is 0.321. The van der Waals surface area contributed by atoms with Crippen molar-refractivity contribution in [3.63, 3.8) is 0 Å². The summed E-state index contributed by atoms with van der Waals surface area (Å²) in [5.41, 5.74) is 0.873. The molecule has 0 aliphatic carbocycles. The van der Waals surface area contributed by atoms with Crippen LogP contribution in [-0.4, -0.2) is 45.2 Å². The molecule has 1 fully saturated rings. The molecule has 0 spiro atoms. The van der Waals surface area contributed by atoms with Crippen LogP contribution in [0.1, 0.15) is 43.5 Å². The molecule has 1 N–H and O–H groups in total. The summed E-state index contributed by atoms with van der Waals surface area (Å²) >= 11 is 0. The lowest BCUT2D eigenvalue weighted by molar-refractivity contribution is 0.497. The SMILES string of the molecule is Cc1ccnc(C(C)C)c1-n1c(=O)nc(N2CCNC[C@@H]2C)c2cc(C#N)c(-c3c(F)cccc3F)nc21. The zero-order valence-electron chi connectivity index (χ0n) is 21.6. The van der Waals surface area contributed by atoms with Crippen molar-refractivity contribution in [2.24, 2.45) is 0 Å². The van der Waals surface area contributed by atoms with E-state index in [0.29, 0.717) is 42.2 Å². The van der Waals surface area contributed by atoms with Crippen LogP contribution in [0.5, 0.6) is 0 Å². The van der Waals surface area contributed by atoms with Gasteiger partial charge in [0.2, 0.25) is 0 Å². The Hall–Kier alpha value is -4.23. The number of rotatable bonds is 4. The van der Waals surface area contributed by atoms with Crippen molar-refractivity contribution < 1.29 is 8.78 Å². The molecule has 0 saturated carbocycles. The predicted octanol–water partition coefficient (Wildman–Crippen LogP) is 4.22. The third kappa shape index (κ3) is 4.19. The molecule has 4 heterocycles. The van der Waals surface area contributed by atoms with Crippen molar-refractivity contribution in [1.29, 1.82) is 5.26 Å². The number of piperazine rings is 1. The van der Waals surface area contributed by atoms with E-state index in [9.17, 15) is 18.8 Å². The molecule has 1 saturated heterocycles. The Kier molecular flexibility index (Phi) is 6.63. The first-order chi connectivity index (χ1) is 18.2. The van der Waals surface area contributed by atoms with Crippen LogP contribution >= 0.6 is 0 Å². The minimum Gasteiger partial charge on any atom is -0.351 e. The van der Waals surface area contributed by atoms with Crippen LogP contribution < -0.4 is 15.9 Å². The lowest BCUT2D eigenvalue weighted by atomic mass is 10.0. The minimum atomic E-state index is -0.854. The molecule has 0 unspecified atom stereocenters. The molecule has 1 atom stereocenters. The van der Waals surface area contributed by atoms with Crippen molar-refractivity contribution in [1.82, 2.24) is 24.8 Å². The number of nitrogens with one attached hydrogen (secondary N) is 1. The smallest absolute Gasteiger partial charge is 0.351 e. The van der Waals surface area contributed by atoms with Gasteiger partial charge in [-0.2, -0.15) is 10.2 Å². The summed E-state index contributed by atoms with van der Waals surface area (Å²) < 4.78 is 31.2. The molecule has 5 rings (SSSR count). The van der Waals surface area contributed by atoms with Crippen LogP contribution in [0.25, 0.3) is 28.0 Å². The number of nitrogens with zero attached hydrogens (tertiary/aromatic N) is 6. The third-order valence-corrected chi connectivity index (χ3v) is 6.87. The highest BCUT2D eigenvalue weighted by Crippen LogP contribution is 2.34. The molecule has 10 heteroatoms. The van der Waals surface area contributed by atoms with Gasteiger partial charge in [0.15, 0.2) is 5.65 Å². The molecule has 1 aliphatic rings. The predicted molar refractivity (Wildman–Crippen MR) is 142 cm³/mol. The molecular weight excluding hydrogens is 488 g/mol. The lowest BCUT2D eigenvalue weighted by Crippen LogP contribution is -2.50. The normalized spacial score (nSPS) is 15.7. The van der Waals surface area contributed by atoms with Crippen LogP contribution in [0.3, 0.4) is 0 Å². The Balaban J connectivity index is 1.95. The van der Waals surface area contributed by atoms with Gasteiger partial charge in [0.05, 0.1) is 33.6 Å². The van der Waals surface area contributed by atoms with Gasteiger partial charge in [-0.15, -0.1) is 0 Å². The summed E-state index contributed by atoms with van der Waals surface area (Å²) in [5, 5.41) is 13.8. The minimum absolute atomic E-state index is 0.00952. The van der Waals surface area contributed by atoms with Gasteiger partial charge >= 0.3 is 5.69 Å². The van der Waals surface area contributed by atoms with E-state index in [-0.39, 0.29) is 28.9 Å². The summed E-state index contributed by atoms with van der Waals surface area (Å²) in [6.07, 6.45) is 1.67. The zero-order chi connectivity index (χ0) is 27.1. The number of pyridine rings is 2. The van der Waals surface area contributed by atoms with Gasteiger partial charge in [-0.05, 0) is 49.6 Å². The number of nitriles is 1. The first-order valence-electron chi connectivity index (χ1n) is 12.5. The van der Waals surface area contributed by atoms with Crippen LogP contribution in [0.4, 0.5) is 14.6 Å². The number of aromatic nitrogens is 4. The number of halogens is 2. The maximum absolute atomic E-state index is 14.9. The van der Waals surface area contributed by atoms with Crippen LogP contribution in [0.15, 0.2) is 41.3 Å². The average molecular weight is 516 g/mol. The fourth-order valence-electron chi connectivity index (χ4n) is 4.99. The van der Waals surface area contributed by atoms with Gasteiger partial charge in [-0.25, -0.2) is 23.1 Å². The lowest BCUT2D eigenvalue weighted by Gasteiger charge is -2.35. The number of aryl methyl sites for hydroxylation is 1. The number of anilines is 1. The van der Waals surface area contributed by atoms with Gasteiger partial charge < -0.3 is 10.2 Å². The molecule has 0 amide bonds. The highest BCUT2D eigenvalue weighted by Gasteiger charge is 2.28. The molecular formula is C28H27F2N7O. The van der Waals surface area contributed by atoms with Gasteiger partial charge in [-0.1, -0.05) is 19.9 Å². The highest BCUT2D eigenvalue weighted by molar-refractivity contribution is 5.92. The molecule has 0 bridgehead atoms. The van der Waals surface area contributed by atoms with E-state index in [0.717, 1.165) is 17.7 Å². The Labute approximate surface area is 218 Å². The third-order valence-electron chi connectivity index (χ3n) is 6.87. The van der Waals surface area contributed by atoms with E-state index >= 15 is 0 Å². The fourth-order valence-corrected chi connectivity index (χ4v) is 4.99. The van der Waals surface area contributed by atoms with Gasteiger partial charge in [0.25, 0.3) is 0 Å². The number of hydrogen-bond donors (Lipinski definition) is 1. The Bertz CT molecular complexity index is 1640. The maximum atomic E-state index is 14.9. The first kappa shape index (κ1) is 25.4. The van der Waals surface area contributed by atoms with Crippen molar-refractivity contribution in [3.05, 3.63) is 75.5 Å². The summed E-state index contributed by atoms with van der Waals surface area (Å²) in [7, 11) is 0. The molecule has 0 radical (unpaired) electrons. The van der Waals surface area contributed by atoms with Gasteiger partial charge in [-0.3, -0.25) is 4.98 Å². The standard InChI is InChI=1S/C28H27F2N7O/c1-15(2)23-25(16(3)8-9-33-23)37-27-19(26(35-28(37)38)36-11-10-32-14-17(36)4)12-18(13-31)24(34-27)22-20(29)6-5-7-21(22)30/h5-9,12,15,17,32H,10-11,14H2,1-4H3/t17-/m0/s1. The van der Waals surface area contributed by atoms with E-state index in [1.54, 1.807) is 12.3 Å². The van der Waals surface area contributed by atoms with Gasteiger partial charge in [0, 0.05) is 31.9 Å². The second-order valence-corrected chi connectivity index (χ2v) is 9.78. The second-order valence-electron chi connectivity index (χ2n) is 9.78. The first-order valence-corrected chi connectivity index (χ1v) is 12.5. The monoisotopic (exact) mass is 515 g/mol. The van der Waals surface area contributed by atoms with E-state index < -0.39 is 22.9 Å². The Morgan fingerprint density at radius 3 is 2.58 bits per heavy atom. The van der Waals surface area contributed by atoms with Crippen molar-refractivity contribution in [2.75, 3.05) is 24.5 Å². The van der Waals surface area contributed by atoms with Crippen molar-refractivity contribution in [3.8, 4) is 23.0 Å². The molecule has 1 aromatic carbocycles. The summed E-state index contributed by atoms with van der Waals surface area (Å²) in [6.45, 7) is 9.74. The molecule has 38 heavy (non-hydrogen) atoms. The van der Waals surface area contributed by atoms with Gasteiger partial charge in [0.1, 0.15) is 23.5 Å². The van der Waals surface area contributed by atoms with Crippen molar-refractivity contribution in [2.45, 2.75) is 39.7 Å². The van der Waals surface area contributed by atoms with Crippen molar-refractivity contribution >= 4 is 16.9 Å². The average Bonchev–Trinajstić information content (AvgIpc) is 2.88. The van der Waals surface area contributed by atoms with E-state index in [2.05, 4.69) is 20.3 Å². The van der Waals surface area contributed by atoms with E-state index in [1.165, 1.54) is 16.7 Å². The summed E-state index contributed by atoms with van der Waals surface area (Å²) in [6, 6.07) is 8.84. The number of hydrogen-bond acceptors (Lipinski definition) is 7. The van der Waals surface area contributed by atoms with Crippen LogP contribution in [0.2, 0.25) is 0 Å². The highest BCUT2D eigenvalue weighted by atomic mass is 19.1. The number of fused-ring (bicyclic) bond motifs is 1. The molecule has 1 aliphatic heterocycles. The number of benzene rings is 1. The zero-order valence-corrected chi connectivity index (χ0v) is 21.6. The Morgan fingerprint density at radius 2 is 1.92 bits per heavy atom. The van der Waals surface area contributed by atoms with E-state index in [4.69, 9.17) is 0 Å². The topological polar surface area (TPSA) is 99.7 Å². The summed E-state index contributed by atoms with van der Waals surface area (Å²) in [5.74, 6) is -1.37. The van der Waals surface area contributed by atoms with E-state index in [1.807, 2.05) is 38.7 Å². The Morgan fingerprint density at radius 1 is 1.18 bits per heavy atom. The largest absolute Gasteiger partial charge is 0.355 e. The molecule has 4 aromatic rings. The molecule has 8 nitrogen and oxygen atoms in total. The molecule has 3 aromatic heterocycles. The van der Waals surface area contributed by atoms with Crippen LogP contribution in [-0.2, 0) is 0 Å². The van der Waals surface area contributed by atoms with Crippen LogP contribution in [0, 0.1) is 29.9 Å². The maximum Gasteiger partial charge on any atom is 0.355 e. The summed E-state index contributed by atoms with van der Waals surface area (Å²) in [4.78, 5) is 29.4. The molecule has 194 valence electrons.